The molecule has 1 aliphatic heterocycles. The van der Waals surface area contributed by atoms with E-state index in [0.717, 1.165) is 12.4 Å². The van der Waals surface area contributed by atoms with Crippen molar-refractivity contribution in [3.05, 3.63) is 29.8 Å². The van der Waals surface area contributed by atoms with E-state index in [9.17, 15) is 0 Å². The summed E-state index contributed by atoms with van der Waals surface area (Å²) in [5.74, 6) is 1.05. The fraction of sp³-hybridized carbons (Fsp3) is 0.500. The Bertz CT molecular complexity index is 276. The zero-order chi connectivity index (χ0) is 9.90. The molecule has 0 spiro atoms. The monoisotopic (exact) mass is 178 g/mol. The predicted octanol–water partition coefficient (Wildman–Crippen LogP) is 3.38. The maximum atomic E-state index is 5.51. The smallest absolute Gasteiger partial charge is 0.123 e. The molecule has 1 aromatic carbocycles. The number of benzene rings is 1. The molecule has 72 valence electrons. The Labute approximate surface area is 80.7 Å². The molecule has 0 radical (unpaired) electrons. The van der Waals surface area contributed by atoms with Crippen molar-refractivity contribution in [2.45, 2.75) is 33.1 Å². The molecule has 0 aromatic heterocycles. The second-order valence-electron chi connectivity index (χ2n) is 3.67. The molecule has 2 rings (SSSR count). The molecule has 0 N–H and O–H groups in total. The van der Waals surface area contributed by atoms with E-state index in [1.54, 1.807) is 0 Å². The summed E-state index contributed by atoms with van der Waals surface area (Å²) < 4.78 is 5.51. The van der Waals surface area contributed by atoms with E-state index >= 15 is 0 Å². The highest BCUT2D eigenvalue weighted by molar-refractivity contribution is 5.42. The topological polar surface area (TPSA) is 9.23 Å². The molecule has 1 heterocycles. The zero-order valence-electron chi connectivity index (χ0n) is 8.92. The summed E-state index contributed by atoms with van der Waals surface area (Å²) in [6, 6.07) is 8.25. The molecule has 0 saturated heterocycles. The van der Waals surface area contributed by atoms with Gasteiger partial charge in [0.2, 0.25) is 0 Å². The molecule has 1 aromatic rings. The molecule has 1 aliphatic rings. The first-order valence-corrected chi connectivity index (χ1v) is 4.92. The largest absolute Gasteiger partial charge is 0.492 e. The molecule has 0 aliphatic carbocycles. The summed E-state index contributed by atoms with van der Waals surface area (Å²) in [6.45, 7) is 9.23. The predicted molar refractivity (Wildman–Crippen MR) is 56.3 cm³/mol. The molecular weight excluding hydrogens is 160 g/mol. The van der Waals surface area contributed by atoms with Gasteiger partial charge in [-0.1, -0.05) is 45.9 Å². The van der Waals surface area contributed by atoms with E-state index in [4.69, 9.17) is 4.74 Å². The minimum atomic E-state index is 0.205. The van der Waals surface area contributed by atoms with Crippen LogP contribution in [-0.2, 0) is 5.41 Å². The Morgan fingerprint density at radius 3 is 2.38 bits per heavy atom. The van der Waals surface area contributed by atoms with E-state index in [0.29, 0.717) is 0 Å². The number of hydrogen-bond donors (Lipinski definition) is 0. The fourth-order valence-electron chi connectivity index (χ4n) is 1.49. The van der Waals surface area contributed by atoms with Gasteiger partial charge in [0.25, 0.3) is 0 Å². The number of rotatable bonds is 0. The number of fused-ring (bicyclic) bond motifs is 1. The van der Waals surface area contributed by atoms with E-state index in [1.165, 1.54) is 5.56 Å². The molecule has 0 unspecified atom stereocenters. The number of para-hydroxylation sites is 1. The van der Waals surface area contributed by atoms with Gasteiger partial charge < -0.3 is 4.74 Å². The molecule has 1 nitrogen and oxygen atoms in total. The standard InChI is InChI=1S/C10H12O.C2H6/c1-10(2)7-11-9-6-4-3-5-8(9)10;1-2/h3-6H,7H2,1-2H3;1-2H3. The zero-order valence-corrected chi connectivity index (χ0v) is 8.92. The van der Waals surface area contributed by atoms with Crippen molar-refractivity contribution >= 4 is 0 Å². The van der Waals surface area contributed by atoms with Crippen LogP contribution in [0.2, 0.25) is 0 Å². The van der Waals surface area contributed by atoms with Crippen LogP contribution in [0.15, 0.2) is 24.3 Å². The van der Waals surface area contributed by atoms with Gasteiger partial charge in [0.05, 0.1) is 6.61 Å². The van der Waals surface area contributed by atoms with E-state index < -0.39 is 0 Å². The summed E-state index contributed by atoms with van der Waals surface area (Å²) >= 11 is 0. The minimum Gasteiger partial charge on any atom is -0.492 e. The lowest BCUT2D eigenvalue weighted by atomic mass is 9.87. The van der Waals surface area contributed by atoms with Crippen molar-refractivity contribution in [1.82, 2.24) is 0 Å². The SMILES string of the molecule is CC.CC1(C)COc2ccccc21. The quantitative estimate of drug-likeness (QED) is 0.591. The van der Waals surface area contributed by atoms with Gasteiger partial charge >= 0.3 is 0 Å². The third-order valence-corrected chi connectivity index (χ3v) is 2.20. The summed E-state index contributed by atoms with van der Waals surface area (Å²) in [7, 11) is 0. The van der Waals surface area contributed by atoms with Crippen molar-refractivity contribution in [3.63, 3.8) is 0 Å². The van der Waals surface area contributed by atoms with Crippen LogP contribution in [0.5, 0.6) is 5.75 Å². The van der Waals surface area contributed by atoms with Gasteiger partial charge in [-0.15, -0.1) is 0 Å². The molecular formula is C12H18O. The summed E-state index contributed by atoms with van der Waals surface area (Å²) in [4.78, 5) is 0. The van der Waals surface area contributed by atoms with Crippen LogP contribution in [0.25, 0.3) is 0 Å². The first-order valence-electron chi connectivity index (χ1n) is 4.92. The number of hydrogen-bond acceptors (Lipinski definition) is 1. The van der Waals surface area contributed by atoms with Gasteiger partial charge in [-0.3, -0.25) is 0 Å². The lowest BCUT2D eigenvalue weighted by Crippen LogP contribution is -2.18. The van der Waals surface area contributed by atoms with Crippen molar-refractivity contribution in [2.75, 3.05) is 6.61 Å². The third kappa shape index (κ3) is 1.85. The lowest BCUT2D eigenvalue weighted by Gasteiger charge is -2.14. The molecule has 0 amide bonds. The van der Waals surface area contributed by atoms with Crippen molar-refractivity contribution in [3.8, 4) is 5.75 Å². The Balaban J connectivity index is 0.000000396. The maximum Gasteiger partial charge on any atom is 0.123 e. The minimum absolute atomic E-state index is 0.205. The van der Waals surface area contributed by atoms with E-state index in [-0.39, 0.29) is 5.41 Å². The first-order chi connectivity index (χ1) is 6.20. The normalized spacial score (nSPS) is 16.6. The van der Waals surface area contributed by atoms with Gasteiger partial charge in [0, 0.05) is 11.0 Å². The van der Waals surface area contributed by atoms with Crippen molar-refractivity contribution in [2.24, 2.45) is 0 Å². The van der Waals surface area contributed by atoms with Gasteiger partial charge in [-0.25, -0.2) is 0 Å². The Hall–Kier alpha value is -0.980. The highest BCUT2D eigenvalue weighted by Gasteiger charge is 2.30. The Morgan fingerprint density at radius 1 is 1.15 bits per heavy atom. The summed E-state index contributed by atoms with van der Waals surface area (Å²) in [6.07, 6.45) is 0. The lowest BCUT2D eigenvalue weighted by molar-refractivity contribution is 0.291. The van der Waals surface area contributed by atoms with Gasteiger partial charge in [0.1, 0.15) is 5.75 Å². The first kappa shape index (κ1) is 10.1. The second-order valence-corrected chi connectivity index (χ2v) is 3.67. The molecule has 0 fully saturated rings. The van der Waals surface area contributed by atoms with Crippen molar-refractivity contribution < 1.29 is 4.74 Å². The van der Waals surface area contributed by atoms with Crippen molar-refractivity contribution in [1.29, 1.82) is 0 Å². The average Bonchev–Trinajstić information content (AvgIpc) is 2.47. The maximum absolute atomic E-state index is 5.51. The fourth-order valence-corrected chi connectivity index (χ4v) is 1.49. The second kappa shape index (κ2) is 3.82. The molecule has 1 heteroatoms. The molecule has 0 saturated carbocycles. The van der Waals surface area contributed by atoms with Crippen LogP contribution in [0.1, 0.15) is 33.3 Å². The average molecular weight is 178 g/mol. The van der Waals surface area contributed by atoms with Gasteiger partial charge in [-0.05, 0) is 6.07 Å². The highest BCUT2D eigenvalue weighted by Crippen LogP contribution is 2.37. The van der Waals surface area contributed by atoms with E-state index in [1.807, 2.05) is 26.0 Å². The van der Waals surface area contributed by atoms with E-state index in [2.05, 4.69) is 26.0 Å². The Morgan fingerprint density at radius 2 is 1.77 bits per heavy atom. The molecule has 13 heavy (non-hydrogen) atoms. The third-order valence-electron chi connectivity index (χ3n) is 2.20. The van der Waals surface area contributed by atoms with Crippen LogP contribution in [0, 0.1) is 0 Å². The summed E-state index contributed by atoms with van der Waals surface area (Å²) in [5, 5.41) is 0. The van der Waals surface area contributed by atoms with Crippen LogP contribution in [0.4, 0.5) is 0 Å². The highest BCUT2D eigenvalue weighted by atomic mass is 16.5. The number of ether oxygens (including phenoxy) is 1. The van der Waals surface area contributed by atoms with Crippen LogP contribution in [0.3, 0.4) is 0 Å². The van der Waals surface area contributed by atoms with Gasteiger partial charge in [0.15, 0.2) is 0 Å². The molecule has 0 atom stereocenters. The molecule has 0 bridgehead atoms. The summed E-state index contributed by atoms with van der Waals surface area (Å²) in [5.41, 5.74) is 1.54. The van der Waals surface area contributed by atoms with Gasteiger partial charge in [-0.2, -0.15) is 0 Å². The van der Waals surface area contributed by atoms with Crippen LogP contribution in [-0.4, -0.2) is 6.61 Å². The Kier molecular flexibility index (Phi) is 2.97. The van der Waals surface area contributed by atoms with Crippen LogP contribution >= 0.6 is 0 Å². The van der Waals surface area contributed by atoms with Crippen LogP contribution < -0.4 is 4.74 Å².